The number of nitrogens with one attached hydrogen (secondary N) is 1. The van der Waals surface area contributed by atoms with Crippen LogP contribution in [0.25, 0.3) is 0 Å². The Morgan fingerprint density at radius 3 is 2.82 bits per heavy atom. The number of piperidine rings is 1. The summed E-state index contributed by atoms with van der Waals surface area (Å²) in [6.45, 7) is 2.47. The number of carbonyl (C=O) groups excluding carboxylic acids is 1. The Morgan fingerprint density at radius 1 is 1.53 bits per heavy atom. The Labute approximate surface area is 101 Å². The molecule has 1 fully saturated rings. The van der Waals surface area contributed by atoms with Gasteiger partial charge in [-0.05, 0) is 12.8 Å². The molecule has 0 saturated carbocycles. The summed E-state index contributed by atoms with van der Waals surface area (Å²) in [4.78, 5) is 13.4. The molecule has 0 aromatic heterocycles. The first kappa shape index (κ1) is 13.9. The molecule has 1 heterocycles. The van der Waals surface area contributed by atoms with E-state index in [0.29, 0.717) is 13.2 Å². The second kappa shape index (κ2) is 8.01. The molecule has 1 amide bonds. The van der Waals surface area contributed by atoms with E-state index in [2.05, 4.69) is 5.32 Å². The van der Waals surface area contributed by atoms with Crippen molar-refractivity contribution in [3.8, 4) is 6.07 Å². The molecule has 1 aliphatic heterocycles. The van der Waals surface area contributed by atoms with Crippen LogP contribution in [0.1, 0.15) is 12.8 Å². The lowest BCUT2D eigenvalue weighted by atomic mass is 10.1. The molecular formula is C11H19N3O3. The van der Waals surface area contributed by atoms with Crippen LogP contribution >= 0.6 is 0 Å². The van der Waals surface area contributed by atoms with Gasteiger partial charge in [0.15, 0.2) is 0 Å². The van der Waals surface area contributed by atoms with Gasteiger partial charge in [-0.3, -0.25) is 9.69 Å². The highest BCUT2D eigenvalue weighted by Gasteiger charge is 2.20. The number of nitrogens with zero attached hydrogens (tertiary/aromatic N) is 2. The smallest absolute Gasteiger partial charge is 0.235 e. The van der Waals surface area contributed by atoms with Crippen LogP contribution < -0.4 is 5.32 Å². The van der Waals surface area contributed by atoms with Gasteiger partial charge in [0.1, 0.15) is 6.54 Å². The summed E-state index contributed by atoms with van der Waals surface area (Å²) in [5.41, 5.74) is 0. The maximum absolute atomic E-state index is 11.4. The molecule has 1 saturated heterocycles. The van der Waals surface area contributed by atoms with Crippen LogP contribution in [0.2, 0.25) is 0 Å². The standard InChI is InChI=1S/C11H19N3O3/c12-3-4-13-11(16)9-14-5-1-10(2-6-14)17-8-7-15/h10,15H,1-2,4-9H2,(H,13,16). The van der Waals surface area contributed by atoms with Crippen molar-refractivity contribution >= 4 is 5.91 Å². The number of aliphatic hydroxyl groups excluding tert-OH is 1. The molecule has 0 atom stereocenters. The molecule has 1 aliphatic rings. The third-order valence-electron chi connectivity index (χ3n) is 2.71. The highest BCUT2D eigenvalue weighted by Crippen LogP contribution is 2.12. The normalized spacial score (nSPS) is 17.6. The number of aliphatic hydroxyl groups is 1. The minimum absolute atomic E-state index is 0.0524. The second-order valence-corrected chi connectivity index (χ2v) is 4.00. The minimum atomic E-state index is -0.110. The molecule has 1 rings (SSSR count). The minimum Gasteiger partial charge on any atom is -0.394 e. The van der Waals surface area contributed by atoms with E-state index in [4.69, 9.17) is 15.1 Å². The largest absolute Gasteiger partial charge is 0.394 e. The predicted octanol–water partition coefficient (Wildman–Crippen LogP) is -0.901. The number of ether oxygens (including phenoxy) is 1. The van der Waals surface area contributed by atoms with E-state index in [1.165, 1.54) is 0 Å². The molecule has 6 nitrogen and oxygen atoms in total. The third kappa shape index (κ3) is 5.63. The zero-order valence-electron chi connectivity index (χ0n) is 9.89. The number of hydrogen-bond acceptors (Lipinski definition) is 5. The van der Waals surface area contributed by atoms with Crippen LogP contribution in [0.5, 0.6) is 0 Å². The first-order valence-corrected chi connectivity index (χ1v) is 5.84. The van der Waals surface area contributed by atoms with Crippen molar-refractivity contribution in [2.24, 2.45) is 0 Å². The van der Waals surface area contributed by atoms with E-state index in [1.807, 2.05) is 11.0 Å². The number of likely N-dealkylation sites (tertiary alicyclic amines) is 1. The fraction of sp³-hybridized carbons (Fsp3) is 0.818. The van der Waals surface area contributed by atoms with E-state index < -0.39 is 0 Å². The fourth-order valence-electron chi connectivity index (χ4n) is 1.85. The van der Waals surface area contributed by atoms with Crippen LogP contribution in [-0.2, 0) is 9.53 Å². The molecule has 96 valence electrons. The monoisotopic (exact) mass is 241 g/mol. The summed E-state index contributed by atoms with van der Waals surface area (Å²) >= 11 is 0. The summed E-state index contributed by atoms with van der Waals surface area (Å²) < 4.78 is 5.43. The molecule has 2 N–H and O–H groups in total. The number of nitriles is 1. The molecule has 0 unspecified atom stereocenters. The van der Waals surface area contributed by atoms with E-state index in [0.717, 1.165) is 25.9 Å². The molecular weight excluding hydrogens is 222 g/mol. The van der Waals surface area contributed by atoms with Crippen molar-refractivity contribution < 1.29 is 14.6 Å². The predicted molar refractivity (Wildman–Crippen MR) is 61.1 cm³/mol. The number of hydrogen-bond donors (Lipinski definition) is 2. The second-order valence-electron chi connectivity index (χ2n) is 4.00. The maximum atomic E-state index is 11.4. The zero-order chi connectivity index (χ0) is 12.5. The lowest BCUT2D eigenvalue weighted by molar-refractivity contribution is -0.122. The lowest BCUT2D eigenvalue weighted by Crippen LogP contribution is -2.43. The van der Waals surface area contributed by atoms with E-state index in [1.54, 1.807) is 0 Å². The topological polar surface area (TPSA) is 85.6 Å². The number of amides is 1. The average Bonchev–Trinajstić information content (AvgIpc) is 2.35. The van der Waals surface area contributed by atoms with Crippen LogP contribution in [0.4, 0.5) is 0 Å². The van der Waals surface area contributed by atoms with E-state index in [-0.39, 0.29) is 25.2 Å². The average molecular weight is 241 g/mol. The fourth-order valence-corrected chi connectivity index (χ4v) is 1.85. The Morgan fingerprint density at radius 2 is 2.24 bits per heavy atom. The Balaban J connectivity index is 2.14. The molecule has 0 aromatic rings. The summed E-state index contributed by atoms with van der Waals surface area (Å²) in [7, 11) is 0. The highest BCUT2D eigenvalue weighted by molar-refractivity contribution is 5.78. The Bertz CT molecular complexity index is 270. The van der Waals surface area contributed by atoms with Gasteiger partial charge in [-0.2, -0.15) is 5.26 Å². The first-order valence-electron chi connectivity index (χ1n) is 5.84. The van der Waals surface area contributed by atoms with Crippen LogP contribution in [0, 0.1) is 11.3 Å². The molecule has 17 heavy (non-hydrogen) atoms. The quantitative estimate of drug-likeness (QED) is 0.589. The van der Waals surface area contributed by atoms with Crippen LogP contribution in [-0.4, -0.2) is 61.4 Å². The molecule has 0 bridgehead atoms. The molecule has 0 aliphatic carbocycles. The van der Waals surface area contributed by atoms with Gasteiger partial charge in [0, 0.05) is 13.1 Å². The van der Waals surface area contributed by atoms with Crippen LogP contribution in [0.15, 0.2) is 0 Å². The molecule has 0 spiro atoms. The van der Waals surface area contributed by atoms with Gasteiger partial charge >= 0.3 is 0 Å². The SMILES string of the molecule is N#CCNC(=O)CN1CCC(OCCO)CC1. The third-order valence-corrected chi connectivity index (χ3v) is 2.71. The Kier molecular flexibility index (Phi) is 6.55. The van der Waals surface area contributed by atoms with Crippen molar-refractivity contribution in [3.63, 3.8) is 0 Å². The van der Waals surface area contributed by atoms with Gasteiger partial charge in [-0.25, -0.2) is 0 Å². The molecule has 0 aromatic carbocycles. The van der Waals surface area contributed by atoms with Crippen molar-refractivity contribution in [2.45, 2.75) is 18.9 Å². The molecule has 6 heteroatoms. The zero-order valence-corrected chi connectivity index (χ0v) is 9.89. The number of carbonyl (C=O) groups is 1. The summed E-state index contributed by atoms with van der Waals surface area (Å²) in [5.74, 6) is -0.110. The van der Waals surface area contributed by atoms with Gasteiger partial charge < -0.3 is 15.2 Å². The van der Waals surface area contributed by atoms with Gasteiger partial charge in [0.2, 0.25) is 5.91 Å². The molecule has 0 radical (unpaired) electrons. The van der Waals surface area contributed by atoms with Crippen molar-refractivity contribution in [2.75, 3.05) is 39.4 Å². The van der Waals surface area contributed by atoms with Gasteiger partial charge in [-0.15, -0.1) is 0 Å². The van der Waals surface area contributed by atoms with Crippen molar-refractivity contribution in [1.29, 1.82) is 5.26 Å². The summed E-state index contributed by atoms with van der Waals surface area (Å²) in [5, 5.41) is 19.5. The Hall–Kier alpha value is -1.16. The maximum Gasteiger partial charge on any atom is 0.235 e. The highest BCUT2D eigenvalue weighted by atomic mass is 16.5. The van der Waals surface area contributed by atoms with E-state index in [9.17, 15) is 4.79 Å². The summed E-state index contributed by atoms with van der Waals surface area (Å²) in [6, 6.07) is 1.87. The van der Waals surface area contributed by atoms with Crippen molar-refractivity contribution in [1.82, 2.24) is 10.2 Å². The van der Waals surface area contributed by atoms with Crippen LogP contribution in [0.3, 0.4) is 0 Å². The lowest BCUT2D eigenvalue weighted by Gasteiger charge is -2.31. The van der Waals surface area contributed by atoms with E-state index >= 15 is 0 Å². The summed E-state index contributed by atoms with van der Waals surface area (Å²) in [6.07, 6.45) is 1.96. The number of rotatable bonds is 6. The van der Waals surface area contributed by atoms with Gasteiger partial charge in [0.25, 0.3) is 0 Å². The van der Waals surface area contributed by atoms with Gasteiger partial charge in [-0.1, -0.05) is 0 Å². The first-order chi connectivity index (χ1) is 8.26. The van der Waals surface area contributed by atoms with Gasteiger partial charge in [0.05, 0.1) is 31.9 Å². The van der Waals surface area contributed by atoms with Crippen molar-refractivity contribution in [3.05, 3.63) is 0 Å².